The summed E-state index contributed by atoms with van der Waals surface area (Å²) in [5, 5.41) is 2.36. The lowest BCUT2D eigenvalue weighted by molar-refractivity contribution is 0.102. The van der Waals surface area contributed by atoms with Gasteiger partial charge in [0.25, 0.3) is 11.5 Å². The van der Waals surface area contributed by atoms with E-state index in [1.54, 1.807) is 12.3 Å². The van der Waals surface area contributed by atoms with Crippen LogP contribution in [0.3, 0.4) is 0 Å². The molecule has 3 rings (SSSR count). The number of pyridine rings is 1. The predicted molar refractivity (Wildman–Crippen MR) is 103 cm³/mol. The second-order valence-electron chi connectivity index (χ2n) is 5.55. The third-order valence-corrected chi connectivity index (χ3v) is 4.73. The summed E-state index contributed by atoms with van der Waals surface area (Å²) < 4.78 is 28.5. The molecule has 0 aliphatic rings. The topological polar surface area (TPSA) is 51.1 Å². The maximum absolute atomic E-state index is 13.6. The van der Waals surface area contributed by atoms with Gasteiger partial charge in [0.1, 0.15) is 17.2 Å². The van der Waals surface area contributed by atoms with E-state index in [0.29, 0.717) is 6.54 Å². The van der Waals surface area contributed by atoms with Crippen molar-refractivity contribution in [1.82, 2.24) is 4.57 Å². The molecule has 26 heavy (non-hydrogen) atoms. The van der Waals surface area contributed by atoms with Gasteiger partial charge in [-0.2, -0.15) is 0 Å². The average Bonchev–Trinajstić information content (AvgIpc) is 2.62. The van der Waals surface area contributed by atoms with E-state index in [-0.39, 0.29) is 14.8 Å². The number of hydrogen-bond acceptors (Lipinski definition) is 2. The minimum Gasteiger partial charge on any atom is -0.322 e. The van der Waals surface area contributed by atoms with Crippen LogP contribution in [0.1, 0.15) is 15.9 Å². The molecule has 0 bridgehead atoms. The van der Waals surface area contributed by atoms with E-state index in [1.807, 2.05) is 30.3 Å². The first-order valence-electron chi connectivity index (χ1n) is 7.65. The van der Waals surface area contributed by atoms with Crippen LogP contribution >= 0.6 is 22.6 Å². The van der Waals surface area contributed by atoms with Gasteiger partial charge in [0.2, 0.25) is 0 Å². The van der Waals surface area contributed by atoms with Gasteiger partial charge in [-0.15, -0.1) is 0 Å². The Morgan fingerprint density at radius 2 is 1.69 bits per heavy atom. The molecule has 0 fully saturated rings. The Balaban J connectivity index is 1.86. The minimum atomic E-state index is -0.782. The molecule has 0 atom stereocenters. The maximum Gasteiger partial charge on any atom is 0.263 e. The van der Waals surface area contributed by atoms with Gasteiger partial charge in [0.15, 0.2) is 0 Å². The van der Waals surface area contributed by atoms with Crippen molar-refractivity contribution in [2.75, 3.05) is 5.32 Å². The van der Waals surface area contributed by atoms with Crippen LogP contribution in [-0.4, -0.2) is 10.5 Å². The number of benzene rings is 2. The zero-order chi connectivity index (χ0) is 18.7. The number of anilines is 1. The first kappa shape index (κ1) is 18.2. The highest BCUT2D eigenvalue weighted by molar-refractivity contribution is 14.1. The first-order valence-corrected chi connectivity index (χ1v) is 8.73. The molecule has 132 valence electrons. The van der Waals surface area contributed by atoms with E-state index in [2.05, 4.69) is 5.32 Å². The fourth-order valence-corrected chi connectivity index (χ4v) is 2.75. The molecule has 7 heteroatoms. The van der Waals surface area contributed by atoms with Crippen molar-refractivity contribution in [3.8, 4) is 0 Å². The molecule has 1 aromatic heterocycles. The molecule has 0 saturated heterocycles. The Kier molecular flexibility index (Phi) is 5.46. The molecule has 0 aliphatic carbocycles. The highest BCUT2D eigenvalue weighted by Crippen LogP contribution is 2.20. The van der Waals surface area contributed by atoms with Crippen molar-refractivity contribution in [3.63, 3.8) is 0 Å². The fraction of sp³-hybridized carbons (Fsp3) is 0.0526. The number of halogens is 3. The van der Waals surface area contributed by atoms with E-state index >= 15 is 0 Å². The number of rotatable bonds is 4. The van der Waals surface area contributed by atoms with Crippen molar-refractivity contribution in [3.05, 3.63) is 97.5 Å². The first-order chi connectivity index (χ1) is 12.5. The number of carbonyl (C=O) groups excluding carboxylic acids is 1. The summed E-state index contributed by atoms with van der Waals surface area (Å²) in [7, 11) is 0. The summed E-state index contributed by atoms with van der Waals surface area (Å²) >= 11 is 1.53. The van der Waals surface area contributed by atoms with Crippen LogP contribution in [0.25, 0.3) is 0 Å². The van der Waals surface area contributed by atoms with Crippen LogP contribution < -0.4 is 10.9 Å². The summed E-state index contributed by atoms with van der Waals surface area (Å²) in [4.78, 5) is 24.9. The summed E-state index contributed by atoms with van der Waals surface area (Å²) in [6.07, 6.45) is 1.58. The summed E-state index contributed by atoms with van der Waals surface area (Å²) in [6.45, 7) is 0.313. The highest BCUT2D eigenvalue weighted by atomic mass is 127. The second-order valence-corrected chi connectivity index (χ2v) is 6.63. The van der Waals surface area contributed by atoms with Crippen molar-refractivity contribution < 1.29 is 13.6 Å². The highest BCUT2D eigenvalue weighted by Gasteiger charge is 2.15. The third-order valence-electron chi connectivity index (χ3n) is 3.70. The predicted octanol–water partition coefficient (Wildman–Crippen LogP) is 4.03. The van der Waals surface area contributed by atoms with Crippen LogP contribution in [0.15, 0.2) is 65.6 Å². The van der Waals surface area contributed by atoms with Crippen LogP contribution in [0.4, 0.5) is 14.5 Å². The summed E-state index contributed by atoms with van der Waals surface area (Å²) in [5.74, 6) is -2.29. The largest absolute Gasteiger partial charge is 0.322 e. The van der Waals surface area contributed by atoms with E-state index < -0.39 is 23.1 Å². The number of amides is 1. The molecule has 0 spiro atoms. The van der Waals surface area contributed by atoms with Crippen molar-refractivity contribution >= 4 is 34.2 Å². The smallest absolute Gasteiger partial charge is 0.263 e. The molecular formula is C19H13F2IN2O2. The standard InChI is InChI=1S/C19H13F2IN2O2/c20-15-9-13(10-16(21)17(15)22)23-18(25)14-7-4-8-24(19(14)26)11-12-5-2-1-3-6-12/h1-10H,11H2,(H,23,25). The zero-order valence-corrected chi connectivity index (χ0v) is 15.5. The molecule has 4 nitrogen and oxygen atoms in total. The molecule has 0 saturated carbocycles. The molecule has 0 radical (unpaired) electrons. The van der Waals surface area contributed by atoms with Crippen molar-refractivity contribution in [2.24, 2.45) is 0 Å². The maximum atomic E-state index is 13.6. The Morgan fingerprint density at radius 3 is 2.35 bits per heavy atom. The van der Waals surface area contributed by atoms with Gasteiger partial charge >= 0.3 is 0 Å². The SMILES string of the molecule is O=C(Nc1cc(F)c(I)c(F)c1)c1cccn(Cc2ccccc2)c1=O. The molecule has 1 N–H and O–H groups in total. The normalized spacial score (nSPS) is 10.6. The Labute approximate surface area is 161 Å². The van der Waals surface area contributed by atoms with Gasteiger partial charge in [0.05, 0.1) is 10.1 Å². The second kappa shape index (κ2) is 7.77. The zero-order valence-electron chi connectivity index (χ0n) is 13.4. The van der Waals surface area contributed by atoms with E-state index in [1.165, 1.54) is 33.2 Å². The molecular weight excluding hydrogens is 453 g/mol. The van der Waals surface area contributed by atoms with Crippen LogP contribution in [0, 0.1) is 15.2 Å². The summed E-state index contributed by atoms with van der Waals surface area (Å²) in [5.41, 5.74) is 0.264. The van der Waals surface area contributed by atoms with Crippen LogP contribution in [0.5, 0.6) is 0 Å². The van der Waals surface area contributed by atoms with Gasteiger partial charge in [-0.1, -0.05) is 30.3 Å². The number of nitrogens with one attached hydrogen (secondary N) is 1. The van der Waals surface area contributed by atoms with Crippen LogP contribution in [0.2, 0.25) is 0 Å². The average molecular weight is 466 g/mol. The lowest BCUT2D eigenvalue weighted by atomic mass is 10.2. The summed E-state index contributed by atoms with van der Waals surface area (Å²) in [6, 6.07) is 14.3. The van der Waals surface area contributed by atoms with E-state index in [9.17, 15) is 18.4 Å². The third kappa shape index (κ3) is 3.98. The number of aromatic nitrogens is 1. The molecule has 1 amide bonds. The quantitative estimate of drug-likeness (QED) is 0.467. The van der Waals surface area contributed by atoms with Gasteiger partial charge < -0.3 is 9.88 Å². The van der Waals surface area contributed by atoms with E-state index in [4.69, 9.17) is 0 Å². The monoisotopic (exact) mass is 466 g/mol. The van der Waals surface area contributed by atoms with Crippen LogP contribution in [-0.2, 0) is 6.54 Å². The lowest BCUT2D eigenvalue weighted by Gasteiger charge is -2.09. The lowest BCUT2D eigenvalue weighted by Crippen LogP contribution is -2.29. The van der Waals surface area contributed by atoms with Crippen molar-refractivity contribution in [1.29, 1.82) is 0 Å². The minimum absolute atomic E-state index is 0.0525. The number of carbonyl (C=O) groups is 1. The van der Waals surface area contributed by atoms with Gasteiger partial charge in [-0.3, -0.25) is 9.59 Å². The number of hydrogen-bond donors (Lipinski definition) is 1. The van der Waals surface area contributed by atoms with Gasteiger partial charge in [-0.25, -0.2) is 8.78 Å². The Bertz CT molecular complexity index is 997. The van der Waals surface area contributed by atoms with Gasteiger partial charge in [0, 0.05) is 11.9 Å². The fourth-order valence-electron chi connectivity index (χ4n) is 2.44. The number of nitrogens with zero attached hydrogens (tertiary/aromatic N) is 1. The molecule has 3 aromatic rings. The Morgan fingerprint density at radius 1 is 1.04 bits per heavy atom. The molecule has 0 unspecified atom stereocenters. The molecule has 1 heterocycles. The molecule has 2 aromatic carbocycles. The Hall–Kier alpha value is -2.55. The van der Waals surface area contributed by atoms with Crippen molar-refractivity contribution in [2.45, 2.75) is 6.54 Å². The van der Waals surface area contributed by atoms with E-state index in [0.717, 1.165) is 17.7 Å². The van der Waals surface area contributed by atoms with Gasteiger partial charge in [-0.05, 0) is 52.4 Å². The molecule has 0 aliphatic heterocycles.